The minimum absolute atomic E-state index is 0.165. The summed E-state index contributed by atoms with van der Waals surface area (Å²) in [4.78, 5) is 40.2. The van der Waals surface area contributed by atoms with Crippen molar-refractivity contribution in [1.82, 2.24) is 25.3 Å². The second-order valence-electron chi connectivity index (χ2n) is 8.08. The van der Waals surface area contributed by atoms with E-state index >= 15 is 0 Å². The van der Waals surface area contributed by atoms with E-state index in [0.29, 0.717) is 40.0 Å². The van der Waals surface area contributed by atoms with Gasteiger partial charge in [0, 0.05) is 54.1 Å². The Hall–Kier alpha value is -4.31. The Morgan fingerprint density at radius 2 is 1.89 bits per heavy atom. The molecule has 0 spiro atoms. The molecule has 0 fully saturated rings. The van der Waals surface area contributed by atoms with Crippen LogP contribution in [-0.2, 0) is 11.2 Å². The van der Waals surface area contributed by atoms with E-state index in [1.165, 1.54) is 16.8 Å². The first-order valence-corrected chi connectivity index (χ1v) is 12.1. The van der Waals surface area contributed by atoms with Crippen LogP contribution in [0.2, 0.25) is 0 Å². The van der Waals surface area contributed by atoms with Gasteiger partial charge in [-0.05, 0) is 54.4 Å². The van der Waals surface area contributed by atoms with Crippen molar-refractivity contribution in [3.05, 3.63) is 78.0 Å². The van der Waals surface area contributed by atoms with Crippen LogP contribution in [0, 0.1) is 0 Å². The molecule has 0 saturated heterocycles. The molecule has 5 rings (SSSR count). The molecule has 36 heavy (non-hydrogen) atoms. The third-order valence-electron chi connectivity index (χ3n) is 5.70. The van der Waals surface area contributed by atoms with Gasteiger partial charge in [-0.3, -0.25) is 9.59 Å². The molecule has 10 heteroatoms. The number of hydrogen-bond acceptors (Lipinski definition) is 6. The highest BCUT2D eigenvalue weighted by Gasteiger charge is 2.17. The molecular formula is C26H24N6O3S. The first-order chi connectivity index (χ1) is 17.5. The van der Waals surface area contributed by atoms with Crippen molar-refractivity contribution < 1.29 is 14.3 Å². The molecule has 2 aromatic carbocycles. The molecule has 0 aliphatic rings. The van der Waals surface area contributed by atoms with Gasteiger partial charge in [0.05, 0.1) is 12.8 Å². The third kappa shape index (κ3) is 4.89. The normalized spacial score (nSPS) is 11.1. The number of carbonyl (C=O) groups is 2. The molecule has 3 N–H and O–H groups in total. The number of imidazole rings is 1. The number of anilines is 1. The lowest BCUT2D eigenvalue weighted by molar-refractivity contribution is -0.115. The maximum absolute atomic E-state index is 12.7. The van der Waals surface area contributed by atoms with Crippen LogP contribution >= 0.6 is 11.9 Å². The van der Waals surface area contributed by atoms with Gasteiger partial charge in [-0.25, -0.2) is 9.29 Å². The zero-order valence-corrected chi connectivity index (χ0v) is 20.6. The summed E-state index contributed by atoms with van der Waals surface area (Å²) in [6.07, 6.45) is 2.64. The van der Waals surface area contributed by atoms with Crippen LogP contribution in [-0.4, -0.2) is 45.4 Å². The molecule has 3 aromatic heterocycles. The van der Waals surface area contributed by atoms with Gasteiger partial charge in [-0.15, -0.1) is 0 Å². The summed E-state index contributed by atoms with van der Waals surface area (Å²) in [6.45, 7) is 1.99. The summed E-state index contributed by atoms with van der Waals surface area (Å²) < 4.78 is 6.66. The van der Waals surface area contributed by atoms with Gasteiger partial charge < -0.3 is 20.0 Å². The lowest BCUT2D eigenvalue weighted by Gasteiger charge is -2.18. The summed E-state index contributed by atoms with van der Waals surface area (Å²) in [6, 6.07) is 18.6. The first-order valence-electron chi connectivity index (χ1n) is 11.3. The Kier molecular flexibility index (Phi) is 6.59. The van der Waals surface area contributed by atoms with Crippen LogP contribution in [0.25, 0.3) is 22.1 Å². The molecule has 9 nitrogen and oxygen atoms in total. The van der Waals surface area contributed by atoms with Gasteiger partial charge in [0.15, 0.2) is 10.8 Å². The van der Waals surface area contributed by atoms with E-state index in [-0.39, 0.29) is 11.8 Å². The molecule has 2 amide bonds. The highest BCUT2D eigenvalue weighted by atomic mass is 32.2. The van der Waals surface area contributed by atoms with Crippen molar-refractivity contribution in [2.75, 3.05) is 18.0 Å². The summed E-state index contributed by atoms with van der Waals surface area (Å²) >= 11 is 1.15. The fraction of sp³-hybridized carbons (Fsp3) is 0.154. The van der Waals surface area contributed by atoms with E-state index < -0.39 is 0 Å². The Morgan fingerprint density at radius 3 is 2.67 bits per heavy atom. The van der Waals surface area contributed by atoms with Gasteiger partial charge in [-0.1, -0.05) is 12.1 Å². The number of aromatic amines is 2. The van der Waals surface area contributed by atoms with Crippen LogP contribution < -0.4 is 14.4 Å². The number of amides is 2. The lowest BCUT2D eigenvalue weighted by atomic mass is 10.1. The van der Waals surface area contributed by atoms with Gasteiger partial charge in [-0.2, -0.15) is 4.98 Å². The lowest BCUT2D eigenvalue weighted by Crippen LogP contribution is -2.26. The van der Waals surface area contributed by atoms with Crippen molar-refractivity contribution in [2.45, 2.75) is 18.5 Å². The highest BCUT2D eigenvalue weighted by Crippen LogP contribution is 2.29. The summed E-state index contributed by atoms with van der Waals surface area (Å²) in [5.74, 6) is 0.130. The van der Waals surface area contributed by atoms with E-state index in [2.05, 4.69) is 31.3 Å². The number of methoxy groups -OCH3 is 1. The van der Waals surface area contributed by atoms with Crippen molar-refractivity contribution in [3.8, 4) is 5.88 Å². The minimum Gasteiger partial charge on any atom is -0.481 e. The van der Waals surface area contributed by atoms with Crippen molar-refractivity contribution in [2.24, 2.45) is 0 Å². The molecule has 182 valence electrons. The Labute approximate surface area is 211 Å². The summed E-state index contributed by atoms with van der Waals surface area (Å²) in [5.41, 5.74) is 4.65. The third-order valence-corrected chi connectivity index (χ3v) is 6.71. The molecule has 0 saturated carbocycles. The number of nitrogens with zero attached hydrogens (tertiary/aromatic N) is 3. The average Bonchev–Trinajstić information content (AvgIpc) is 3.53. The Balaban J connectivity index is 1.24. The molecule has 0 aliphatic carbocycles. The second-order valence-corrected chi connectivity index (χ2v) is 9.01. The number of nitrogens with one attached hydrogen (secondary N) is 3. The molecule has 0 bridgehead atoms. The number of rotatable bonds is 8. The minimum atomic E-state index is -0.179. The molecular weight excluding hydrogens is 476 g/mol. The van der Waals surface area contributed by atoms with Crippen LogP contribution in [0.15, 0.2) is 72.0 Å². The fourth-order valence-electron chi connectivity index (χ4n) is 3.93. The SMILES string of the molecule is COc1ccc2nc(SN(C(C)=O)c3ccc(C(=O)NCCc4cccc5[nH]ccc45)cc3)[nH]c2n1. The molecule has 3 heterocycles. The van der Waals surface area contributed by atoms with Gasteiger partial charge in [0.1, 0.15) is 5.52 Å². The smallest absolute Gasteiger partial charge is 0.251 e. The maximum Gasteiger partial charge on any atom is 0.251 e. The summed E-state index contributed by atoms with van der Waals surface area (Å²) in [7, 11) is 1.55. The zero-order valence-electron chi connectivity index (χ0n) is 19.7. The number of ether oxygens (including phenoxy) is 1. The van der Waals surface area contributed by atoms with Crippen molar-refractivity contribution in [3.63, 3.8) is 0 Å². The topological polar surface area (TPSA) is 116 Å². The molecule has 0 radical (unpaired) electrons. The van der Waals surface area contributed by atoms with E-state index in [1.807, 2.05) is 24.4 Å². The Morgan fingerprint density at radius 1 is 1.06 bits per heavy atom. The van der Waals surface area contributed by atoms with Gasteiger partial charge >= 0.3 is 0 Å². The van der Waals surface area contributed by atoms with Crippen LogP contribution in [0.5, 0.6) is 5.88 Å². The number of carbonyl (C=O) groups excluding carboxylic acids is 2. The largest absolute Gasteiger partial charge is 0.481 e. The Bertz CT molecular complexity index is 1540. The first kappa shape index (κ1) is 23.4. The van der Waals surface area contributed by atoms with Crippen LogP contribution in [0.1, 0.15) is 22.8 Å². The second kappa shape index (κ2) is 10.1. The highest BCUT2D eigenvalue weighted by molar-refractivity contribution is 8.01. The van der Waals surface area contributed by atoms with Crippen molar-refractivity contribution in [1.29, 1.82) is 0 Å². The maximum atomic E-state index is 12.7. The predicted octanol–water partition coefficient (Wildman–Crippen LogP) is 4.48. The molecule has 5 aromatic rings. The molecule has 0 atom stereocenters. The quantitative estimate of drug-likeness (QED) is 0.271. The van der Waals surface area contributed by atoms with E-state index in [9.17, 15) is 9.59 Å². The average molecular weight is 501 g/mol. The van der Waals surface area contributed by atoms with Crippen LogP contribution in [0.4, 0.5) is 5.69 Å². The van der Waals surface area contributed by atoms with E-state index in [1.54, 1.807) is 43.5 Å². The van der Waals surface area contributed by atoms with E-state index in [0.717, 1.165) is 29.3 Å². The molecule has 0 aliphatic heterocycles. The number of H-pyrrole nitrogens is 2. The predicted molar refractivity (Wildman–Crippen MR) is 140 cm³/mol. The fourth-order valence-corrected chi connectivity index (χ4v) is 4.74. The standard InChI is InChI=1S/C26H24N6O3S/c1-16(33)32(36-26-29-22-10-11-23(35-2)30-24(22)31-26)19-8-6-18(7-9-19)25(34)28-14-12-17-4-3-5-21-20(17)13-15-27-21/h3-11,13,15,27H,12,14H2,1-2H3,(H,28,34)(H,29,30,31). The van der Waals surface area contributed by atoms with Gasteiger partial charge in [0.25, 0.3) is 5.91 Å². The van der Waals surface area contributed by atoms with E-state index in [4.69, 9.17) is 4.74 Å². The van der Waals surface area contributed by atoms with Crippen LogP contribution in [0.3, 0.4) is 0 Å². The number of fused-ring (bicyclic) bond motifs is 2. The van der Waals surface area contributed by atoms with Gasteiger partial charge in [0.2, 0.25) is 11.8 Å². The zero-order chi connectivity index (χ0) is 25.1. The monoisotopic (exact) mass is 500 g/mol. The van der Waals surface area contributed by atoms with Crippen molar-refractivity contribution >= 4 is 51.5 Å². The summed E-state index contributed by atoms with van der Waals surface area (Å²) in [5, 5.41) is 4.65. The number of pyridine rings is 1. The number of aromatic nitrogens is 4. The molecule has 0 unspecified atom stereocenters. The number of benzene rings is 2. The number of hydrogen-bond donors (Lipinski definition) is 3.